The van der Waals surface area contributed by atoms with Crippen LogP contribution in [0.25, 0.3) is 0 Å². The predicted molar refractivity (Wildman–Crippen MR) is 135 cm³/mol. The molecule has 0 fully saturated rings. The first kappa shape index (κ1) is 27.1. The van der Waals surface area contributed by atoms with Gasteiger partial charge in [0.05, 0.1) is 16.3 Å². The molecule has 1 amide bonds. The Bertz CT molecular complexity index is 1430. The van der Waals surface area contributed by atoms with Gasteiger partial charge in [-0.05, 0) is 54.4 Å². The molecule has 0 aromatic heterocycles. The Kier molecular flexibility index (Phi) is 8.58. The van der Waals surface area contributed by atoms with Crippen molar-refractivity contribution in [2.75, 3.05) is 6.54 Å². The van der Waals surface area contributed by atoms with Gasteiger partial charge in [-0.25, -0.2) is 22.0 Å². The average Bonchev–Trinajstić information content (AvgIpc) is 2.79. The zero-order chi connectivity index (χ0) is 25.8. The maximum absolute atomic E-state index is 13.4. The molecule has 0 aliphatic heterocycles. The van der Waals surface area contributed by atoms with Crippen molar-refractivity contribution < 1.29 is 21.6 Å². The maximum atomic E-state index is 13.4. The molecule has 8 nitrogen and oxygen atoms in total. The predicted octanol–water partition coefficient (Wildman–Crippen LogP) is 3.46. The van der Waals surface area contributed by atoms with Gasteiger partial charge in [-0.15, -0.1) is 0 Å². The molecular formula is C23H23Cl2N3O5S2. The van der Waals surface area contributed by atoms with Crippen molar-refractivity contribution in [1.82, 2.24) is 9.62 Å². The summed E-state index contributed by atoms with van der Waals surface area (Å²) in [6.07, 6.45) is 0. The van der Waals surface area contributed by atoms with Crippen molar-refractivity contribution in [3.63, 3.8) is 0 Å². The number of halogens is 2. The first-order valence-corrected chi connectivity index (χ1v) is 14.0. The fourth-order valence-electron chi connectivity index (χ4n) is 3.14. The highest BCUT2D eigenvalue weighted by Gasteiger charge is 2.27. The third-order valence-corrected chi connectivity index (χ3v) is 8.40. The van der Waals surface area contributed by atoms with Gasteiger partial charge >= 0.3 is 0 Å². The third kappa shape index (κ3) is 7.26. The summed E-state index contributed by atoms with van der Waals surface area (Å²) in [4.78, 5) is 12.7. The number of sulfonamides is 2. The van der Waals surface area contributed by atoms with Crippen LogP contribution in [0.15, 0.2) is 76.5 Å². The molecule has 0 spiro atoms. The first-order chi connectivity index (χ1) is 16.4. The molecule has 35 heavy (non-hydrogen) atoms. The van der Waals surface area contributed by atoms with E-state index in [1.54, 1.807) is 24.3 Å². The van der Waals surface area contributed by atoms with Crippen molar-refractivity contribution >= 4 is 49.2 Å². The second kappa shape index (κ2) is 11.1. The number of carbonyl (C=O) groups is 1. The van der Waals surface area contributed by atoms with Crippen LogP contribution in [-0.2, 0) is 37.9 Å². The Hall–Kier alpha value is -2.47. The van der Waals surface area contributed by atoms with E-state index in [4.69, 9.17) is 28.3 Å². The second-order valence-corrected chi connectivity index (χ2v) is 12.1. The van der Waals surface area contributed by atoms with Gasteiger partial charge in [0.15, 0.2) is 0 Å². The number of nitrogens with one attached hydrogen (secondary N) is 1. The molecule has 3 N–H and O–H groups in total. The number of rotatable bonds is 9. The van der Waals surface area contributed by atoms with Crippen LogP contribution in [0, 0.1) is 6.92 Å². The fraction of sp³-hybridized carbons (Fsp3) is 0.174. The van der Waals surface area contributed by atoms with Crippen LogP contribution in [0.5, 0.6) is 0 Å². The third-order valence-electron chi connectivity index (χ3n) is 5.08. The number of hydrogen-bond donors (Lipinski definition) is 2. The van der Waals surface area contributed by atoms with Crippen LogP contribution < -0.4 is 10.5 Å². The zero-order valence-corrected chi connectivity index (χ0v) is 21.8. The Morgan fingerprint density at radius 2 is 1.51 bits per heavy atom. The van der Waals surface area contributed by atoms with Gasteiger partial charge in [-0.1, -0.05) is 59.1 Å². The van der Waals surface area contributed by atoms with Crippen LogP contribution >= 0.6 is 23.2 Å². The SMILES string of the molecule is Cc1ccc(S(=O)(=O)N(CC(=O)NCc2ccc(S(N)(=O)=O)cc2)Cc2ccc(Cl)cc2Cl)cc1. The van der Waals surface area contributed by atoms with Gasteiger partial charge in [-0.2, -0.15) is 4.31 Å². The summed E-state index contributed by atoms with van der Waals surface area (Å²) >= 11 is 12.2. The van der Waals surface area contributed by atoms with Crippen LogP contribution in [0.4, 0.5) is 0 Å². The molecule has 12 heteroatoms. The molecule has 0 bridgehead atoms. The Labute approximate surface area is 214 Å². The molecule has 0 saturated heterocycles. The Morgan fingerprint density at radius 3 is 2.09 bits per heavy atom. The standard InChI is InChI=1S/C23H23Cl2N3O5S2/c1-16-2-8-21(9-3-16)35(32,33)28(14-18-6-7-19(24)12-22(18)25)15-23(29)27-13-17-4-10-20(11-5-17)34(26,30)31/h2-12H,13-15H2,1H3,(H,27,29)(H2,26,30,31). The molecule has 0 atom stereocenters. The smallest absolute Gasteiger partial charge is 0.243 e. The lowest BCUT2D eigenvalue weighted by Gasteiger charge is -2.22. The average molecular weight is 556 g/mol. The van der Waals surface area contributed by atoms with E-state index in [-0.39, 0.29) is 27.9 Å². The summed E-state index contributed by atoms with van der Waals surface area (Å²) < 4.78 is 50.6. The van der Waals surface area contributed by atoms with Crippen LogP contribution in [0.3, 0.4) is 0 Å². The minimum Gasteiger partial charge on any atom is -0.351 e. The quantitative estimate of drug-likeness (QED) is 0.418. The summed E-state index contributed by atoms with van der Waals surface area (Å²) in [6.45, 7) is 1.28. The number of benzene rings is 3. The van der Waals surface area contributed by atoms with Gasteiger partial charge in [0.2, 0.25) is 26.0 Å². The van der Waals surface area contributed by atoms with E-state index < -0.39 is 32.5 Å². The van der Waals surface area contributed by atoms with Crippen molar-refractivity contribution in [3.8, 4) is 0 Å². The summed E-state index contributed by atoms with van der Waals surface area (Å²) in [5.41, 5.74) is 1.99. The van der Waals surface area contributed by atoms with Gasteiger partial charge < -0.3 is 5.32 Å². The van der Waals surface area contributed by atoms with Gasteiger partial charge in [0, 0.05) is 23.1 Å². The number of aryl methyl sites for hydroxylation is 1. The lowest BCUT2D eigenvalue weighted by atomic mass is 10.2. The lowest BCUT2D eigenvalue weighted by molar-refractivity contribution is -0.121. The summed E-state index contributed by atoms with van der Waals surface area (Å²) in [5, 5.41) is 8.41. The van der Waals surface area contributed by atoms with Crippen molar-refractivity contribution in [1.29, 1.82) is 0 Å². The molecule has 0 aliphatic carbocycles. The second-order valence-electron chi connectivity index (χ2n) is 7.79. The van der Waals surface area contributed by atoms with Gasteiger partial charge in [0.25, 0.3) is 0 Å². The molecule has 0 unspecified atom stereocenters. The number of hydrogen-bond acceptors (Lipinski definition) is 5. The van der Waals surface area contributed by atoms with Crippen LogP contribution in [0.1, 0.15) is 16.7 Å². The minimum absolute atomic E-state index is 0.0413. The van der Waals surface area contributed by atoms with Crippen molar-refractivity contribution in [2.45, 2.75) is 29.8 Å². The highest BCUT2D eigenvalue weighted by atomic mass is 35.5. The van der Waals surface area contributed by atoms with Crippen LogP contribution in [-0.4, -0.2) is 33.6 Å². The van der Waals surface area contributed by atoms with E-state index >= 15 is 0 Å². The molecular weight excluding hydrogens is 533 g/mol. The Morgan fingerprint density at radius 1 is 0.914 bits per heavy atom. The number of carbonyl (C=O) groups excluding carboxylic acids is 1. The first-order valence-electron chi connectivity index (χ1n) is 10.3. The minimum atomic E-state index is -4.04. The highest BCUT2D eigenvalue weighted by molar-refractivity contribution is 7.89. The van der Waals surface area contributed by atoms with Crippen molar-refractivity contribution in [3.05, 3.63) is 93.5 Å². The summed E-state index contributed by atoms with van der Waals surface area (Å²) in [5.74, 6) is -0.554. The molecule has 3 rings (SSSR count). The van der Waals surface area contributed by atoms with E-state index in [1.807, 2.05) is 6.92 Å². The molecule has 0 heterocycles. The lowest BCUT2D eigenvalue weighted by Crippen LogP contribution is -2.40. The van der Waals surface area contributed by atoms with E-state index in [0.29, 0.717) is 16.1 Å². The van der Waals surface area contributed by atoms with E-state index in [1.165, 1.54) is 42.5 Å². The largest absolute Gasteiger partial charge is 0.351 e. The van der Waals surface area contributed by atoms with Gasteiger partial charge in [-0.3, -0.25) is 4.79 Å². The molecule has 3 aromatic rings. The van der Waals surface area contributed by atoms with E-state index in [9.17, 15) is 21.6 Å². The molecule has 0 aliphatic rings. The van der Waals surface area contributed by atoms with E-state index in [0.717, 1.165) is 9.87 Å². The summed E-state index contributed by atoms with van der Waals surface area (Å²) in [7, 11) is -7.87. The monoisotopic (exact) mass is 555 g/mol. The molecule has 186 valence electrons. The topological polar surface area (TPSA) is 127 Å². The molecule has 0 saturated carbocycles. The molecule has 0 radical (unpaired) electrons. The fourth-order valence-corrected chi connectivity index (χ4v) is 5.50. The number of primary sulfonamides is 1. The number of amides is 1. The number of nitrogens with zero attached hydrogens (tertiary/aromatic N) is 1. The normalized spacial score (nSPS) is 12.0. The highest BCUT2D eigenvalue weighted by Crippen LogP contribution is 2.25. The van der Waals surface area contributed by atoms with Crippen LogP contribution in [0.2, 0.25) is 10.0 Å². The Balaban J connectivity index is 1.80. The van der Waals surface area contributed by atoms with Gasteiger partial charge in [0.1, 0.15) is 0 Å². The zero-order valence-electron chi connectivity index (χ0n) is 18.6. The maximum Gasteiger partial charge on any atom is 0.243 e. The van der Waals surface area contributed by atoms with Crippen molar-refractivity contribution in [2.24, 2.45) is 5.14 Å². The van der Waals surface area contributed by atoms with E-state index in [2.05, 4.69) is 5.32 Å². The number of nitrogens with two attached hydrogens (primary N) is 1. The summed E-state index contributed by atoms with van der Waals surface area (Å²) in [6, 6.07) is 16.7. The molecule has 3 aromatic carbocycles.